The third kappa shape index (κ3) is 5.30. The first kappa shape index (κ1) is 12.7. The van der Waals surface area contributed by atoms with Gasteiger partial charge >= 0.3 is 0 Å². The summed E-state index contributed by atoms with van der Waals surface area (Å²) in [5.41, 5.74) is 0. The van der Waals surface area contributed by atoms with Gasteiger partial charge < -0.3 is 10.6 Å². The van der Waals surface area contributed by atoms with Gasteiger partial charge in [-0.05, 0) is 50.5 Å². The standard InChI is InChI=1S/C12H22N2S/c1-3-11(9-13-2)10-14-7-6-12-5-4-8-15-12/h4-5,8,11,13-14H,3,6-7,9-10H2,1-2H3. The summed E-state index contributed by atoms with van der Waals surface area (Å²) in [6.07, 6.45) is 2.40. The maximum atomic E-state index is 3.53. The van der Waals surface area contributed by atoms with Crippen molar-refractivity contribution in [3.05, 3.63) is 22.4 Å². The topological polar surface area (TPSA) is 24.1 Å². The normalized spacial score (nSPS) is 12.9. The van der Waals surface area contributed by atoms with Gasteiger partial charge in [0.25, 0.3) is 0 Å². The lowest BCUT2D eigenvalue weighted by Gasteiger charge is -2.14. The lowest BCUT2D eigenvalue weighted by Crippen LogP contribution is -2.30. The Bertz CT molecular complexity index is 234. The number of hydrogen-bond acceptors (Lipinski definition) is 3. The highest BCUT2D eigenvalue weighted by Crippen LogP contribution is 2.08. The zero-order valence-corrected chi connectivity index (χ0v) is 10.6. The summed E-state index contributed by atoms with van der Waals surface area (Å²) >= 11 is 1.85. The second-order valence-electron chi connectivity index (χ2n) is 3.87. The Morgan fingerprint density at radius 1 is 1.40 bits per heavy atom. The van der Waals surface area contributed by atoms with E-state index in [-0.39, 0.29) is 0 Å². The first-order valence-electron chi connectivity index (χ1n) is 5.74. The highest BCUT2D eigenvalue weighted by molar-refractivity contribution is 7.09. The van der Waals surface area contributed by atoms with Gasteiger partial charge in [0.05, 0.1) is 0 Å². The lowest BCUT2D eigenvalue weighted by atomic mass is 10.1. The molecule has 1 aromatic heterocycles. The van der Waals surface area contributed by atoms with Crippen molar-refractivity contribution in [1.29, 1.82) is 0 Å². The molecule has 0 saturated carbocycles. The van der Waals surface area contributed by atoms with Crippen LogP contribution in [-0.2, 0) is 6.42 Å². The van der Waals surface area contributed by atoms with E-state index in [9.17, 15) is 0 Å². The third-order valence-corrected chi connectivity index (χ3v) is 3.57. The number of thiophene rings is 1. The van der Waals surface area contributed by atoms with Crippen molar-refractivity contribution >= 4 is 11.3 Å². The molecular formula is C12H22N2S. The quantitative estimate of drug-likeness (QED) is 0.664. The molecule has 0 aliphatic heterocycles. The molecule has 2 N–H and O–H groups in total. The summed E-state index contributed by atoms with van der Waals surface area (Å²) in [6.45, 7) is 5.59. The Morgan fingerprint density at radius 2 is 2.27 bits per heavy atom. The molecule has 0 radical (unpaired) electrons. The van der Waals surface area contributed by atoms with Crippen LogP contribution in [0.15, 0.2) is 17.5 Å². The van der Waals surface area contributed by atoms with Crippen LogP contribution in [0.5, 0.6) is 0 Å². The maximum absolute atomic E-state index is 3.53. The van der Waals surface area contributed by atoms with Crippen molar-refractivity contribution in [1.82, 2.24) is 10.6 Å². The third-order valence-electron chi connectivity index (χ3n) is 2.63. The largest absolute Gasteiger partial charge is 0.319 e. The minimum absolute atomic E-state index is 0.762. The van der Waals surface area contributed by atoms with Gasteiger partial charge in [-0.25, -0.2) is 0 Å². The zero-order valence-electron chi connectivity index (χ0n) is 9.75. The fraction of sp³-hybridized carbons (Fsp3) is 0.667. The lowest BCUT2D eigenvalue weighted by molar-refractivity contribution is 0.447. The number of hydrogen-bond donors (Lipinski definition) is 2. The molecule has 1 atom stereocenters. The van der Waals surface area contributed by atoms with Crippen molar-refractivity contribution in [3.8, 4) is 0 Å². The van der Waals surface area contributed by atoms with Crippen LogP contribution in [-0.4, -0.2) is 26.7 Å². The highest BCUT2D eigenvalue weighted by atomic mass is 32.1. The fourth-order valence-corrected chi connectivity index (χ4v) is 2.33. The van der Waals surface area contributed by atoms with Crippen molar-refractivity contribution in [2.24, 2.45) is 5.92 Å². The molecule has 0 aromatic carbocycles. The summed E-state index contributed by atoms with van der Waals surface area (Å²) in [5.74, 6) is 0.762. The maximum Gasteiger partial charge on any atom is 0.00578 e. The first-order valence-corrected chi connectivity index (χ1v) is 6.62. The van der Waals surface area contributed by atoms with Gasteiger partial charge in [0, 0.05) is 4.88 Å². The van der Waals surface area contributed by atoms with Crippen molar-refractivity contribution in [3.63, 3.8) is 0 Å². The second kappa shape index (κ2) is 7.85. The summed E-state index contributed by atoms with van der Waals surface area (Å²) in [7, 11) is 2.02. The Hall–Kier alpha value is -0.380. The number of rotatable bonds is 8. The summed E-state index contributed by atoms with van der Waals surface area (Å²) in [4.78, 5) is 1.48. The van der Waals surface area contributed by atoms with Crippen molar-refractivity contribution in [2.45, 2.75) is 19.8 Å². The molecule has 0 aliphatic rings. The average molecular weight is 226 g/mol. The molecule has 0 fully saturated rings. The van der Waals surface area contributed by atoms with Crippen LogP contribution in [0, 0.1) is 5.92 Å². The van der Waals surface area contributed by atoms with Gasteiger partial charge in [0.15, 0.2) is 0 Å². The van der Waals surface area contributed by atoms with E-state index >= 15 is 0 Å². The van der Waals surface area contributed by atoms with E-state index in [1.165, 1.54) is 11.3 Å². The van der Waals surface area contributed by atoms with E-state index in [0.717, 1.165) is 32.0 Å². The van der Waals surface area contributed by atoms with Gasteiger partial charge in [0.1, 0.15) is 0 Å². The SMILES string of the molecule is CCC(CNC)CNCCc1cccs1. The van der Waals surface area contributed by atoms with Gasteiger partial charge in [-0.2, -0.15) is 0 Å². The monoisotopic (exact) mass is 226 g/mol. The van der Waals surface area contributed by atoms with Crippen molar-refractivity contribution in [2.75, 3.05) is 26.7 Å². The molecule has 1 rings (SSSR count). The summed E-state index contributed by atoms with van der Waals surface area (Å²) < 4.78 is 0. The van der Waals surface area contributed by atoms with Crippen LogP contribution in [0.4, 0.5) is 0 Å². The Kier molecular flexibility index (Phi) is 6.64. The van der Waals surface area contributed by atoms with Gasteiger partial charge in [-0.3, -0.25) is 0 Å². The van der Waals surface area contributed by atoms with E-state index in [4.69, 9.17) is 0 Å². The summed E-state index contributed by atoms with van der Waals surface area (Å²) in [6, 6.07) is 4.33. The molecule has 1 aromatic rings. The molecule has 0 saturated heterocycles. The molecule has 0 bridgehead atoms. The predicted octanol–water partition coefficient (Wildman–Crippen LogP) is 2.13. The molecule has 2 nitrogen and oxygen atoms in total. The van der Waals surface area contributed by atoms with Crippen LogP contribution >= 0.6 is 11.3 Å². The molecule has 0 aliphatic carbocycles. The van der Waals surface area contributed by atoms with Crippen LogP contribution in [0.1, 0.15) is 18.2 Å². The predicted molar refractivity (Wildman–Crippen MR) is 68.6 cm³/mol. The van der Waals surface area contributed by atoms with Gasteiger partial charge in [0.2, 0.25) is 0 Å². The molecule has 15 heavy (non-hydrogen) atoms. The molecule has 1 unspecified atom stereocenters. The van der Waals surface area contributed by atoms with Gasteiger partial charge in [-0.15, -0.1) is 11.3 Å². The van der Waals surface area contributed by atoms with E-state index in [1.807, 2.05) is 18.4 Å². The number of nitrogens with one attached hydrogen (secondary N) is 2. The van der Waals surface area contributed by atoms with Crippen LogP contribution in [0.3, 0.4) is 0 Å². The minimum Gasteiger partial charge on any atom is -0.319 e. The first-order chi connectivity index (χ1) is 7.36. The second-order valence-corrected chi connectivity index (χ2v) is 4.90. The fourth-order valence-electron chi connectivity index (χ4n) is 1.62. The molecule has 86 valence electrons. The van der Waals surface area contributed by atoms with E-state index < -0.39 is 0 Å². The van der Waals surface area contributed by atoms with E-state index in [1.54, 1.807) is 0 Å². The highest BCUT2D eigenvalue weighted by Gasteiger charge is 2.03. The zero-order chi connectivity index (χ0) is 10.9. The molecule has 1 heterocycles. The van der Waals surface area contributed by atoms with Crippen LogP contribution < -0.4 is 10.6 Å². The van der Waals surface area contributed by atoms with Gasteiger partial charge in [-0.1, -0.05) is 19.4 Å². The molecule has 0 amide bonds. The molecule has 0 spiro atoms. The Balaban J connectivity index is 2.05. The van der Waals surface area contributed by atoms with E-state index in [2.05, 4.69) is 35.1 Å². The van der Waals surface area contributed by atoms with Crippen molar-refractivity contribution < 1.29 is 0 Å². The minimum atomic E-state index is 0.762. The summed E-state index contributed by atoms with van der Waals surface area (Å²) in [5, 5.41) is 8.91. The smallest absolute Gasteiger partial charge is 0.00578 e. The Morgan fingerprint density at radius 3 is 2.87 bits per heavy atom. The van der Waals surface area contributed by atoms with Crippen LogP contribution in [0.25, 0.3) is 0 Å². The van der Waals surface area contributed by atoms with E-state index in [0.29, 0.717) is 0 Å². The van der Waals surface area contributed by atoms with Crippen LogP contribution in [0.2, 0.25) is 0 Å². The molecule has 3 heteroatoms. The Labute approximate surface area is 97.1 Å². The molecular weight excluding hydrogens is 204 g/mol. The average Bonchev–Trinajstić information content (AvgIpc) is 2.75.